The van der Waals surface area contributed by atoms with Gasteiger partial charge in [0.05, 0.1) is 19.8 Å². The second-order valence-corrected chi connectivity index (χ2v) is 6.23. The van der Waals surface area contributed by atoms with E-state index in [-0.39, 0.29) is 23.2 Å². The fourth-order valence-corrected chi connectivity index (χ4v) is 2.60. The summed E-state index contributed by atoms with van der Waals surface area (Å²) in [5, 5.41) is 7.03. The Balaban J connectivity index is 2.11. The van der Waals surface area contributed by atoms with Crippen LogP contribution in [0.5, 0.6) is 11.5 Å². The summed E-state index contributed by atoms with van der Waals surface area (Å²) in [5.74, 6) is 0.830. The molecule has 8 nitrogen and oxygen atoms in total. The fourth-order valence-electron chi connectivity index (χ4n) is 2.60. The van der Waals surface area contributed by atoms with Crippen molar-refractivity contribution in [3.8, 4) is 11.5 Å². The molecule has 0 spiro atoms. The number of carbonyl (C=O) groups excluding carboxylic acids is 1. The van der Waals surface area contributed by atoms with E-state index in [9.17, 15) is 9.59 Å². The van der Waals surface area contributed by atoms with Crippen LogP contribution in [-0.2, 0) is 11.3 Å². The van der Waals surface area contributed by atoms with Gasteiger partial charge >= 0.3 is 0 Å². The largest absolute Gasteiger partial charge is 0.493 e. The lowest BCUT2D eigenvalue weighted by molar-refractivity contribution is 0.0932. The molecule has 1 unspecified atom stereocenters. The number of hydrogen-bond donors (Lipinski definition) is 1. The van der Waals surface area contributed by atoms with Crippen LogP contribution in [0.2, 0.25) is 0 Å². The quantitative estimate of drug-likeness (QED) is 0.626. The van der Waals surface area contributed by atoms with E-state index < -0.39 is 0 Å². The molecule has 0 saturated heterocycles. The maximum atomic E-state index is 12.5. The van der Waals surface area contributed by atoms with Gasteiger partial charge in [-0.3, -0.25) is 9.59 Å². The first-order valence-electron chi connectivity index (χ1n) is 9.18. The fraction of sp³-hybridized carbons (Fsp3) is 0.450. The van der Waals surface area contributed by atoms with Crippen molar-refractivity contribution in [2.45, 2.75) is 32.9 Å². The molecule has 1 amide bonds. The van der Waals surface area contributed by atoms with Crippen molar-refractivity contribution in [1.82, 2.24) is 15.1 Å². The van der Waals surface area contributed by atoms with Crippen LogP contribution in [0.3, 0.4) is 0 Å². The zero-order chi connectivity index (χ0) is 20.5. The zero-order valence-corrected chi connectivity index (χ0v) is 16.7. The lowest BCUT2D eigenvalue weighted by atomic mass is 10.1. The number of ether oxygens (including phenoxy) is 3. The summed E-state index contributed by atoms with van der Waals surface area (Å²) in [6, 6.07) is 7.98. The van der Waals surface area contributed by atoms with Gasteiger partial charge in [-0.1, -0.05) is 13.0 Å². The molecule has 28 heavy (non-hydrogen) atoms. The van der Waals surface area contributed by atoms with Crippen molar-refractivity contribution in [3.63, 3.8) is 0 Å². The number of carbonyl (C=O) groups is 1. The standard InChI is InChI=1S/C20H27N3O5/c1-5-10-23-19(24)9-7-16(22-23)20(25)21-14(2)15-6-8-17(18(13-15)27-4)28-12-11-26-3/h6-9,13-14H,5,10-12H2,1-4H3,(H,21,25). The second kappa shape index (κ2) is 10.5. The Bertz CT molecular complexity index is 850. The molecule has 2 aromatic rings. The molecule has 152 valence electrons. The van der Waals surface area contributed by atoms with E-state index in [4.69, 9.17) is 14.2 Å². The molecule has 1 aromatic heterocycles. The molecular weight excluding hydrogens is 362 g/mol. The molecule has 1 heterocycles. The molecule has 0 radical (unpaired) electrons. The number of methoxy groups -OCH3 is 2. The minimum atomic E-state index is -0.350. The van der Waals surface area contributed by atoms with Crippen molar-refractivity contribution >= 4 is 5.91 Å². The first-order chi connectivity index (χ1) is 13.5. The Morgan fingerprint density at radius 3 is 2.64 bits per heavy atom. The highest BCUT2D eigenvalue weighted by atomic mass is 16.5. The van der Waals surface area contributed by atoms with Gasteiger partial charge in [-0.2, -0.15) is 5.10 Å². The van der Waals surface area contributed by atoms with E-state index in [0.717, 1.165) is 12.0 Å². The molecule has 8 heteroatoms. The van der Waals surface area contributed by atoms with Crippen molar-refractivity contribution in [2.75, 3.05) is 27.4 Å². The molecule has 0 saturated carbocycles. The first-order valence-corrected chi connectivity index (χ1v) is 9.18. The third-order valence-electron chi connectivity index (χ3n) is 4.11. The first kappa shape index (κ1) is 21.4. The Kier molecular flexibility index (Phi) is 8.01. The number of hydrogen-bond acceptors (Lipinski definition) is 6. The predicted molar refractivity (Wildman–Crippen MR) is 105 cm³/mol. The van der Waals surface area contributed by atoms with Gasteiger partial charge in [0.25, 0.3) is 11.5 Å². The molecule has 0 aliphatic rings. The van der Waals surface area contributed by atoms with Crippen LogP contribution in [0.1, 0.15) is 42.4 Å². The number of benzene rings is 1. The summed E-state index contributed by atoms with van der Waals surface area (Å²) in [5.41, 5.74) is 0.831. The Morgan fingerprint density at radius 2 is 1.96 bits per heavy atom. The number of aryl methyl sites for hydroxylation is 1. The summed E-state index contributed by atoms with van der Waals surface area (Å²) in [6.45, 7) is 5.17. The van der Waals surface area contributed by atoms with Crippen LogP contribution >= 0.6 is 0 Å². The van der Waals surface area contributed by atoms with Gasteiger partial charge in [0.1, 0.15) is 12.3 Å². The number of aromatic nitrogens is 2. The number of nitrogens with zero attached hydrogens (tertiary/aromatic N) is 2. The highest BCUT2D eigenvalue weighted by Crippen LogP contribution is 2.30. The van der Waals surface area contributed by atoms with Gasteiger partial charge in [0, 0.05) is 19.7 Å². The van der Waals surface area contributed by atoms with Crippen LogP contribution in [0.4, 0.5) is 0 Å². The van der Waals surface area contributed by atoms with Crippen LogP contribution in [0.15, 0.2) is 35.1 Å². The number of nitrogens with one attached hydrogen (secondary N) is 1. The van der Waals surface area contributed by atoms with E-state index in [1.165, 1.54) is 16.8 Å². The molecule has 1 N–H and O–H groups in total. The maximum Gasteiger partial charge on any atom is 0.272 e. The molecule has 0 bridgehead atoms. The monoisotopic (exact) mass is 389 g/mol. The van der Waals surface area contributed by atoms with Crippen molar-refractivity contribution in [3.05, 3.63) is 51.9 Å². The summed E-state index contributed by atoms with van der Waals surface area (Å²) in [6.07, 6.45) is 0.757. The highest BCUT2D eigenvalue weighted by Gasteiger charge is 2.16. The minimum Gasteiger partial charge on any atom is -0.493 e. The van der Waals surface area contributed by atoms with Crippen molar-refractivity contribution in [2.24, 2.45) is 0 Å². The van der Waals surface area contributed by atoms with E-state index in [2.05, 4.69) is 10.4 Å². The molecular formula is C20H27N3O5. The average molecular weight is 389 g/mol. The van der Waals surface area contributed by atoms with Gasteiger partial charge < -0.3 is 19.5 Å². The third-order valence-corrected chi connectivity index (χ3v) is 4.11. The lowest BCUT2D eigenvalue weighted by Gasteiger charge is -2.17. The normalized spacial score (nSPS) is 11.7. The molecule has 1 atom stereocenters. The van der Waals surface area contributed by atoms with Crippen LogP contribution in [0, 0.1) is 0 Å². The number of rotatable bonds is 10. The predicted octanol–water partition coefficient (Wildman–Crippen LogP) is 2.18. The van der Waals surface area contributed by atoms with Crippen LogP contribution < -0.4 is 20.3 Å². The summed E-state index contributed by atoms with van der Waals surface area (Å²) in [7, 11) is 3.17. The topological polar surface area (TPSA) is 91.7 Å². The minimum absolute atomic E-state index is 0.200. The number of amides is 1. The summed E-state index contributed by atoms with van der Waals surface area (Å²) >= 11 is 0. The van der Waals surface area contributed by atoms with Gasteiger partial charge in [-0.05, 0) is 37.1 Å². The summed E-state index contributed by atoms with van der Waals surface area (Å²) < 4.78 is 17.3. The van der Waals surface area contributed by atoms with Gasteiger partial charge in [0.15, 0.2) is 11.5 Å². The van der Waals surface area contributed by atoms with Gasteiger partial charge in [-0.25, -0.2) is 4.68 Å². The molecule has 0 aliphatic heterocycles. The zero-order valence-electron chi connectivity index (χ0n) is 16.7. The van der Waals surface area contributed by atoms with Crippen molar-refractivity contribution in [1.29, 1.82) is 0 Å². The molecule has 0 fully saturated rings. The van der Waals surface area contributed by atoms with Crippen LogP contribution in [-0.4, -0.2) is 43.1 Å². The molecule has 0 aliphatic carbocycles. The Morgan fingerprint density at radius 1 is 1.18 bits per heavy atom. The molecule has 2 rings (SSSR count). The Hall–Kier alpha value is -2.87. The van der Waals surface area contributed by atoms with Gasteiger partial charge in [-0.15, -0.1) is 0 Å². The Labute approximate surface area is 164 Å². The van der Waals surface area contributed by atoms with E-state index in [1.807, 2.05) is 26.0 Å². The average Bonchev–Trinajstić information content (AvgIpc) is 2.70. The van der Waals surface area contributed by atoms with E-state index >= 15 is 0 Å². The van der Waals surface area contributed by atoms with Crippen molar-refractivity contribution < 1.29 is 19.0 Å². The molecule has 1 aromatic carbocycles. The van der Waals surface area contributed by atoms with E-state index in [1.54, 1.807) is 20.3 Å². The third kappa shape index (κ3) is 5.56. The maximum absolute atomic E-state index is 12.5. The smallest absolute Gasteiger partial charge is 0.272 e. The van der Waals surface area contributed by atoms with E-state index in [0.29, 0.717) is 31.3 Å². The highest BCUT2D eigenvalue weighted by molar-refractivity contribution is 5.92. The van der Waals surface area contributed by atoms with Gasteiger partial charge in [0.2, 0.25) is 0 Å². The SMILES string of the molecule is CCCn1nc(C(=O)NC(C)c2ccc(OCCOC)c(OC)c2)ccc1=O. The van der Waals surface area contributed by atoms with Crippen LogP contribution in [0.25, 0.3) is 0 Å². The second-order valence-electron chi connectivity index (χ2n) is 6.23. The lowest BCUT2D eigenvalue weighted by Crippen LogP contribution is -2.31. The summed E-state index contributed by atoms with van der Waals surface area (Å²) in [4.78, 5) is 24.3.